The second kappa shape index (κ2) is 2.90. The molecule has 0 aromatic heterocycles. The molecular formula is C8H14O5. The molecule has 2 rings (SSSR count). The van der Waals surface area contributed by atoms with Crippen LogP contribution in [0.15, 0.2) is 0 Å². The number of aliphatic hydroxyl groups excluding tert-OH is 2. The van der Waals surface area contributed by atoms with Gasteiger partial charge in [-0.2, -0.15) is 0 Å². The minimum Gasteiger partial charge on any atom is -0.394 e. The average molecular weight is 190 g/mol. The summed E-state index contributed by atoms with van der Waals surface area (Å²) >= 11 is 0. The summed E-state index contributed by atoms with van der Waals surface area (Å²) in [4.78, 5) is 0. The number of fused-ring (bicyclic) bond motifs is 1. The number of rotatable bonds is 1. The molecule has 0 aromatic carbocycles. The van der Waals surface area contributed by atoms with Gasteiger partial charge in [-0.1, -0.05) is 0 Å². The third-order valence-electron chi connectivity index (χ3n) is 2.31. The van der Waals surface area contributed by atoms with Gasteiger partial charge in [0.25, 0.3) is 0 Å². The van der Waals surface area contributed by atoms with E-state index in [9.17, 15) is 5.11 Å². The summed E-state index contributed by atoms with van der Waals surface area (Å²) in [5, 5.41) is 18.3. The van der Waals surface area contributed by atoms with Crippen molar-refractivity contribution in [3.63, 3.8) is 0 Å². The van der Waals surface area contributed by atoms with Crippen molar-refractivity contribution in [1.82, 2.24) is 0 Å². The summed E-state index contributed by atoms with van der Waals surface area (Å²) in [7, 11) is 0. The molecule has 0 spiro atoms. The third-order valence-corrected chi connectivity index (χ3v) is 2.31. The normalized spacial score (nSPS) is 48.0. The lowest BCUT2D eigenvalue weighted by atomic mass is 10.1. The van der Waals surface area contributed by atoms with Crippen molar-refractivity contribution in [2.24, 2.45) is 0 Å². The van der Waals surface area contributed by atoms with Crippen molar-refractivity contribution in [3.8, 4) is 0 Å². The quantitative estimate of drug-likeness (QED) is 0.567. The standard InChI is InChI=1S/C8H14O5/c1-8(2)12-5-4(3-9)11-7(10)6(5)13-8/h4-7,9-10H,3H2,1-2H3/t4-,5?,6+,7?/m0/s1. The van der Waals surface area contributed by atoms with E-state index in [1.165, 1.54) is 0 Å². The molecular weight excluding hydrogens is 176 g/mol. The lowest BCUT2D eigenvalue weighted by Gasteiger charge is -2.21. The van der Waals surface area contributed by atoms with Crippen LogP contribution in [0.1, 0.15) is 13.8 Å². The molecule has 0 bridgehead atoms. The summed E-state index contributed by atoms with van der Waals surface area (Å²) in [6.45, 7) is 3.37. The Balaban J connectivity index is 2.12. The van der Waals surface area contributed by atoms with Gasteiger partial charge in [0.05, 0.1) is 6.61 Å². The summed E-state index contributed by atoms with van der Waals surface area (Å²) in [6.07, 6.45) is -2.33. The Morgan fingerprint density at radius 3 is 2.46 bits per heavy atom. The van der Waals surface area contributed by atoms with Crippen LogP contribution >= 0.6 is 0 Å². The molecule has 2 heterocycles. The van der Waals surface area contributed by atoms with E-state index in [-0.39, 0.29) is 12.7 Å². The first kappa shape index (κ1) is 9.36. The number of hydrogen-bond acceptors (Lipinski definition) is 5. The summed E-state index contributed by atoms with van der Waals surface area (Å²) in [5.41, 5.74) is 0. The highest BCUT2D eigenvalue weighted by Crippen LogP contribution is 2.37. The highest BCUT2D eigenvalue weighted by Gasteiger charge is 2.54. The first-order valence-corrected chi connectivity index (χ1v) is 4.33. The highest BCUT2D eigenvalue weighted by atomic mass is 16.8. The van der Waals surface area contributed by atoms with Crippen LogP contribution in [0.4, 0.5) is 0 Å². The molecule has 0 aromatic rings. The third kappa shape index (κ3) is 1.47. The van der Waals surface area contributed by atoms with Crippen molar-refractivity contribution in [2.45, 2.75) is 44.2 Å². The van der Waals surface area contributed by atoms with E-state index in [0.717, 1.165) is 0 Å². The van der Waals surface area contributed by atoms with E-state index < -0.39 is 24.3 Å². The van der Waals surface area contributed by atoms with Gasteiger partial charge in [0.1, 0.15) is 18.3 Å². The molecule has 2 N–H and O–H groups in total. The van der Waals surface area contributed by atoms with Crippen LogP contribution in [-0.2, 0) is 14.2 Å². The minimum absolute atomic E-state index is 0.169. The Kier molecular flexibility index (Phi) is 2.08. The van der Waals surface area contributed by atoms with Gasteiger partial charge < -0.3 is 24.4 Å². The topological polar surface area (TPSA) is 68.2 Å². The van der Waals surface area contributed by atoms with Crippen molar-refractivity contribution in [1.29, 1.82) is 0 Å². The molecule has 2 saturated heterocycles. The van der Waals surface area contributed by atoms with Gasteiger partial charge in [-0.05, 0) is 13.8 Å². The largest absolute Gasteiger partial charge is 0.394 e. The minimum atomic E-state index is -0.996. The Bertz CT molecular complexity index is 205. The first-order chi connectivity index (χ1) is 6.03. The maximum absolute atomic E-state index is 9.39. The van der Waals surface area contributed by atoms with E-state index in [4.69, 9.17) is 19.3 Å². The first-order valence-electron chi connectivity index (χ1n) is 4.33. The fourth-order valence-electron chi connectivity index (χ4n) is 1.81. The Hall–Kier alpha value is -0.200. The average Bonchev–Trinajstić information content (AvgIpc) is 2.47. The lowest BCUT2D eigenvalue weighted by Crippen LogP contribution is -2.31. The SMILES string of the molecule is CC1(C)OC2[C@@H](O1)C(O)O[C@H]2CO. The van der Waals surface area contributed by atoms with Crippen molar-refractivity contribution in [3.05, 3.63) is 0 Å². The molecule has 5 heteroatoms. The van der Waals surface area contributed by atoms with Crippen LogP contribution in [0.3, 0.4) is 0 Å². The van der Waals surface area contributed by atoms with Crippen molar-refractivity contribution < 1.29 is 24.4 Å². The number of aliphatic hydroxyl groups is 2. The Labute approximate surface area is 76.2 Å². The van der Waals surface area contributed by atoms with E-state index in [2.05, 4.69) is 0 Å². The maximum Gasteiger partial charge on any atom is 0.184 e. The van der Waals surface area contributed by atoms with Crippen LogP contribution in [0.5, 0.6) is 0 Å². The van der Waals surface area contributed by atoms with Gasteiger partial charge in [0.2, 0.25) is 0 Å². The number of hydrogen-bond donors (Lipinski definition) is 2. The summed E-state index contributed by atoms with van der Waals surface area (Å²) in [6, 6.07) is 0. The van der Waals surface area contributed by atoms with Gasteiger partial charge in [-0.15, -0.1) is 0 Å². The predicted molar refractivity (Wildman–Crippen MR) is 41.8 cm³/mol. The van der Waals surface area contributed by atoms with Gasteiger partial charge in [-0.25, -0.2) is 0 Å². The van der Waals surface area contributed by atoms with Gasteiger partial charge in [0.15, 0.2) is 12.1 Å². The molecule has 2 aliphatic rings. The monoisotopic (exact) mass is 190 g/mol. The summed E-state index contributed by atoms with van der Waals surface area (Å²) in [5.74, 6) is -0.701. The Morgan fingerprint density at radius 2 is 1.85 bits per heavy atom. The van der Waals surface area contributed by atoms with Gasteiger partial charge >= 0.3 is 0 Å². The van der Waals surface area contributed by atoms with Crippen LogP contribution in [0.25, 0.3) is 0 Å². The summed E-state index contributed by atoms with van der Waals surface area (Å²) < 4.78 is 15.9. The molecule has 0 saturated carbocycles. The zero-order valence-corrected chi connectivity index (χ0v) is 7.64. The molecule has 2 aliphatic heterocycles. The van der Waals surface area contributed by atoms with Crippen LogP contribution in [0, 0.1) is 0 Å². The van der Waals surface area contributed by atoms with E-state index in [0.29, 0.717) is 0 Å². The second-order valence-corrected chi connectivity index (χ2v) is 3.81. The van der Waals surface area contributed by atoms with Crippen LogP contribution in [-0.4, -0.2) is 47.2 Å². The van der Waals surface area contributed by atoms with E-state index >= 15 is 0 Å². The molecule has 76 valence electrons. The van der Waals surface area contributed by atoms with Crippen molar-refractivity contribution in [2.75, 3.05) is 6.61 Å². The molecule has 2 fully saturated rings. The predicted octanol–water partition coefficient (Wildman–Crippen LogP) is -0.784. The zero-order valence-electron chi connectivity index (χ0n) is 7.64. The fraction of sp³-hybridized carbons (Fsp3) is 1.00. The molecule has 0 amide bonds. The van der Waals surface area contributed by atoms with Crippen molar-refractivity contribution >= 4 is 0 Å². The second-order valence-electron chi connectivity index (χ2n) is 3.81. The maximum atomic E-state index is 9.39. The van der Waals surface area contributed by atoms with Crippen LogP contribution < -0.4 is 0 Å². The van der Waals surface area contributed by atoms with Gasteiger partial charge in [0, 0.05) is 0 Å². The van der Waals surface area contributed by atoms with Crippen LogP contribution in [0.2, 0.25) is 0 Å². The molecule has 4 atom stereocenters. The van der Waals surface area contributed by atoms with E-state index in [1.807, 2.05) is 0 Å². The molecule has 0 aliphatic carbocycles. The smallest absolute Gasteiger partial charge is 0.184 e. The molecule has 5 nitrogen and oxygen atoms in total. The molecule has 0 radical (unpaired) electrons. The van der Waals surface area contributed by atoms with Gasteiger partial charge in [-0.3, -0.25) is 0 Å². The highest BCUT2D eigenvalue weighted by molar-refractivity contribution is 4.94. The lowest BCUT2D eigenvalue weighted by molar-refractivity contribution is -0.223. The zero-order chi connectivity index (χ0) is 9.64. The molecule has 2 unspecified atom stereocenters. The Morgan fingerprint density at radius 1 is 1.23 bits per heavy atom. The fourth-order valence-corrected chi connectivity index (χ4v) is 1.81. The molecule has 13 heavy (non-hydrogen) atoms. The van der Waals surface area contributed by atoms with E-state index in [1.54, 1.807) is 13.8 Å². The number of ether oxygens (including phenoxy) is 3.